The van der Waals surface area contributed by atoms with Crippen molar-refractivity contribution >= 4 is 23.5 Å². The van der Waals surface area contributed by atoms with Crippen LogP contribution in [0.1, 0.15) is 226 Å². The quantitative estimate of drug-likeness (QED) is 0.0373. The predicted octanol–water partition coefficient (Wildman–Crippen LogP) is 12.6. The number of anilines is 2. The Balaban J connectivity index is 2.36. The molecule has 0 saturated heterocycles. The second-order valence-electron chi connectivity index (χ2n) is 17.0. The van der Waals surface area contributed by atoms with Crippen LogP contribution in [0.5, 0.6) is 0 Å². The van der Waals surface area contributed by atoms with Crippen LogP contribution in [-0.4, -0.2) is 69.6 Å². The summed E-state index contributed by atoms with van der Waals surface area (Å²) in [6.07, 6.45) is 35.7. The van der Waals surface area contributed by atoms with Gasteiger partial charge in [0.05, 0.1) is 13.2 Å². The van der Waals surface area contributed by atoms with Crippen molar-refractivity contribution < 1.29 is 23.8 Å². The van der Waals surface area contributed by atoms with E-state index >= 15 is 0 Å². The van der Waals surface area contributed by atoms with Crippen molar-refractivity contribution in [3.8, 4) is 0 Å². The molecule has 0 saturated carbocycles. The molecule has 0 radical (unpaired) electrons. The predicted molar refractivity (Wildman–Crippen MR) is 248 cm³/mol. The van der Waals surface area contributed by atoms with E-state index < -0.39 is 17.0 Å². The first-order valence-electron chi connectivity index (χ1n) is 24.8. The lowest BCUT2D eigenvalue weighted by Crippen LogP contribution is -2.37. The Kier molecular flexibility index (Phi) is 36.4. The van der Waals surface area contributed by atoms with Crippen LogP contribution in [0.4, 0.5) is 16.2 Å². The minimum atomic E-state index is -0.549. The first kappa shape index (κ1) is 54.4. The fourth-order valence-corrected chi connectivity index (χ4v) is 7.80. The van der Waals surface area contributed by atoms with E-state index in [4.69, 9.17) is 14.2 Å². The largest absolute Gasteiger partial charge is 0.508 e. The highest BCUT2D eigenvalue weighted by Crippen LogP contribution is 2.19. The fourth-order valence-electron chi connectivity index (χ4n) is 7.80. The van der Waals surface area contributed by atoms with E-state index in [-0.39, 0.29) is 12.1 Å². The second-order valence-corrected chi connectivity index (χ2v) is 17.0. The minimum Gasteiger partial charge on any atom is -0.462 e. The van der Waals surface area contributed by atoms with Crippen LogP contribution < -0.4 is 21.5 Å². The van der Waals surface area contributed by atoms with Crippen LogP contribution in [0.2, 0.25) is 0 Å². The number of esters is 1. The van der Waals surface area contributed by atoms with Gasteiger partial charge < -0.3 is 29.7 Å². The lowest BCUT2D eigenvalue weighted by molar-refractivity contribution is -0.150. The number of nitrogens with one attached hydrogen (secondary N) is 2. The molecule has 0 aliphatic heterocycles. The van der Waals surface area contributed by atoms with Gasteiger partial charge in [0.15, 0.2) is 0 Å². The SMILES string of the molecule is CCCCCCCCCOC(=O)OCCCCCCN(CCCCCCCC(=O)OC(CCCCCCCC)CCCCCCCC)CCCNc1c(NC)c(=O)c1=O. The summed E-state index contributed by atoms with van der Waals surface area (Å²) < 4.78 is 16.6. The molecule has 2 N–H and O–H groups in total. The summed E-state index contributed by atoms with van der Waals surface area (Å²) in [4.78, 5) is 51.0. The molecule has 10 nitrogen and oxygen atoms in total. The van der Waals surface area contributed by atoms with Crippen LogP contribution in [-0.2, 0) is 19.0 Å². The molecule has 0 atom stereocenters. The number of carbonyl (C=O) groups is 2. The Labute approximate surface area is 361 Å². The molecule has 0 amide bonds. The molecule has 0 unspecified atom stereocenters. The van der Waals surface area contributed by atoms with Crippen molar-refractivity contribution in [3.05, 3.63) is 20.4 Å². The van der Waals surface area contributed by atoms with Crippen LogP contribution in [0.3, 0.4) is 0 Å². The van der Waals surface area contributed by atoms with Gasteiger partial charge in [0.25, 0.3) is 10.9 Å². The third kappa shape index (κ3) is 30.1. The maximum Gasteiger partial charge on any atom is 0.508 e. The molecule has 0 aliphatic carbocycles. The first-order valence-corrected chi connectivity index (χ1v) is 24.8. The lowest BCUT2D eigenvalue weighted by Gasteiger charge is -2.23. The van der Waals surface area contributed by atoms with Crippen LogP contribution in [0.15, 0.2) is 9.59 Å². The van der Waals surface area contributed by atoms with Crippen LogP contribution in [0.25, 0.3) is 0 Å². The Bertz CT molecular complexity index is 1180. The Hall–Kier alpha value is -2.62. The van der Waals surface area contributed by atoms with E-state index in [0.29, 0.717) is 37.6 Å². The summed E-state index contributed by atoms with van der Waals surface area (Å²) in [6.45, 7) is 11.1. The van der Waals surface area contributed by atoms with Crippen LogP contribution >= 0.6 is 0 Å². The number of unbranched alkanes of at least 4 members (excludes halogenated alkanes) is 23. The second kappa shape index (κ2) is 39.5. The zero-order valence-electron chi connectivity index (χ0n) is 38.8. The van der Waals surface area contributed by atoms with Crippen LogP contribution in [0, 0.1) is 0 Å². The number of hydrogen-bond acceptors (Lipinski definition) is 10. The molecule has 0 bridgehead atoms. The van der Waals surface area contributed by atoms with E-state index in [1.165, 1.54) is 96.3 Å². The van der Waals surface area contributed by atoms with E-state index in [9.17, 15) is 19.2 Å². The number of hydrogen-bond donors (Lipinski definition) is 2. The normalized spacial score (nSPS) is 11.5. The average molecular weight is 834 g/mol. The summed E-state index contributed by atoms with van der Waals surface area (Å²) in [5, 5.41) is 5.99. The highest BCUT2D eigenvalue weighted by atomic mass is 16.7. The highest BCUT2D eigenvalue weighted by molar-refractivity contribution is 5.73. The summed E-state index contributed by atoms with van der Waals surface area (Å²) in [7, 11) is 1.66. The standard InChI is InChI=1S/C49H91N3O7/c1-5-8-11-14-17-24-31-41-57-49(56)58-42-32-25-23-30-39-52(40-33-37-51-46-45(50-4)47(54)48(46)55)38-29-22-18-21-28-36-44(53)59-43(34-26-19-15-12-9-6-2)35-27-20-16-13-10-7-3/h43,50-51H,5-42H2,1-4H3. The maximum absolute atomic E-state index is 12.8. The summed E-state index contributed by atoms with van der Waals surface area (Å²) in [5.41, 5.74) is -0.101. The fraction of sp³-hybridized carbons (Fsp3) is 0.878. The number of ether oxygens (including phenoxy) is 3. The zero-order chi connectivity index (χ0) is 43.0. The van der Waals surface area contributed by atoms with Gasteiger partial charge >= 0.3 is 12.1 Å². The summed E-state index contributed by atoms with van der Waals surface area (Å²) in [5.74, 6) is -0.0115. The number of nitrogens with zero attached hydrogens (tertiary/aromatic N) is 1. The van der Waals surface area contributed by atoms with Gasteiger partial charge in [-0.1, -0.05) is 156 Å². The van der Waals surface area contributed by atoms with E-state index in [2.05, 4.69) is 36.3 Å². The van der Waals surface area contributed by atoms with Crippen molar-refractivity contribution in [1.29, 1.82) is 0 Å². The van der Waals surface area contributed by atoms with Gasteiger partial charge in [0.1, 0.15) is 17.5 Å². The first-order chi connectivity index (χ1) is 28.9. The third-order valence-corrected chi connectivity index (χ3v) is 11.6. The number of rotatable bonds is 44. The zero-order valence-corrected chi connectivity index (χ0v) is 38.8. The van der Waals surface area contributed by atoms with Crippen molar-refractivity contribution in [2.45, 2.75) is 232 Å². The summed E-state index contributed by atoms with van der Waals surface area (Å²) >= 11 is 0. The van der Waals surface area contributed by atoms with Gasteiger partial charge in [-0.05, 0) is 83.8 Å². The molecular formula is C49H91N3O7. The minimum absolute atomic E-state index is 0.0115. The molecule has 0 fully saturated rings. The lowest BCUT2D eigenvalue weighted by atomic mass is 10.0. The number of carbonyl (C=O) groups excluding carboxylic acids is 2. The molecule has 344 valence electrons. The highest BCUT2D eigenvalue weighted by Gasteiger charge is 2.19. The molecule has 0 aromatic heterocycles. The van der Waals surface area contributed by atoms with Gasteiger partial charge in [0, 0.05) is 20.0 Å². The molecule has 1 aromatic carbocycles. The van der Waals surface area contributed by atoms with Gasteiger partial charge in [0.2, 0.25) is 0 Å². The van der Waals surface area contributed by atoms with Gasteiger partial charge in [-0.2, -0.15) is 0 Å². The van der Waals surface area contributed by atoms with Gasteiger partial charge in [-0.3, -0.25) is 14.4 Å². The molecule has 1 aromatic rings. The third-order valence-electron chi connectivity index (χ3n) is 11.6. The summed E-state index contributed by atoms with van der Waals surface area (Å²) in [6, 6.07) is 0. The van der Waals surface area contributed by atoms with Gasteiger partial charge in [-0.15, -0.1) is 0 Å². The smallest absolute Gasteiger partial charge is 0.462 e. The van der Waals surface area contributed by atoms with Crippen molar-refractivity contribution in [2.24, 2.45) is 0 Å². The van der Waals surface area contributed by atoms with E-state index in [0.717, 1.165) is 122 Å². The van der Waals surface area contributed by atoms with Crippen molar-refractivity contribution in [2.75, 3.05) is 57.1 Å². The van der Waals surface area contributed by atoms with Gasteiger partial charge in [-0.25, -0.2) is 4.79 Å². The molecule has 0 aliphatic rings. The molecule has 0 heterocycles. The average Bonchev–Trinajstić information content (AvgIpc) is 3.23. The molecular weight excluding hydrogens is 743 g/mol. The molecule has 59 heavy (non-hydrogen) atoms. The Morgan fingerprint density at radius 1 is 0.508 bits per heavy atom. The topological polar surface area (TPSA) is 123 Å². The molecule has 10 heteroatoms. The van der Waals surface area contributed by atoms with Crippen molar-refractivity contribution in [3.63, 3.8) is 0 Å². The van der Waals surface area contributed by atoms with Crippen molar-refractivity contribution in [1.82, 2.24) is 4.90 Å². The van der Waals surface area contributed by atoms with E-state index in [1.807, 2.05) is 0 Å². The molecule has 0 spiro atoms. The van der Waals surface area contributed by atoms with E-state index in [1.54, 1.807) is 7.05 Å². The molecule has 1 rings (SSSR count). The Morgan fingerprint density at radius 2 is 0.915 bits per heavy atom. The monoisotopic (exact) mass is 834 g/mol. The Morgan fingerprint density at radius 3 is 1.41 bits per heavy atom. The maximum atomic E-state index is 12.8.